The van der Waals surface area contributed by atoms with Crippen molar-refractivity contribution in [1.29, 1.82) is 0 Å². The quantitative estimate of drug-likeness (QED) is 0.562. The predicted molar refractivity (Wildman–Crippen MR) is 112 cm³/mol. The second-order valence-corrected chi connectivity index (χ2v) is 8.76. The van der Waals surface area contributed by atoms with Crippen LogP contribution in [0.15, 0.2) is 24.5 Å². The van der Waals surface area contributed by atoms with Crippen molar-refractivity contribution in [2.75, 3.05) is 19.7 Å². The highest BCUT2D eigenvalue weighted by molar-refractivity contribution is 5.73. The van der Waals surface area contributed by atoms with Crippen molar-refractivity contribution in [3.63, 3.8) is 0 Å². The Labute approximate surface area is 203 Å². The van der Waals surface area contributed by atoms with Crippen LogP contribution in [0.2, 0.25) is 0 Å². The molecule has 1 saturated carbocycles. The fraction of sp³-hybridized carbons (Fsp3) is 0.682. The molecule has 1 spiro atoms. The number of aromatic nitrogens is 1. The molecule has 1 aromatic heterocycles. The van der Waals surface area contributed by atoms with E-state index < -0.39 is 24.3 Å². The van der Waals surface area contributed by atoms with E-state index in [1.165, 1.54) is 31.2 Å². The fourth-order valence-electron chi connectivity index (χ4n) is 4.26. The number of carboxylic acids is 2. The first kappa shape index (κ1) is 29.8. The topological polar surface area (TPSA) is 109 Å². The number of alkyl halides is 6. The molecule has 36 heavy (non-hydrogen) atoms. The second-order valence-electron chi connectivity index (χ2n) is 8.76. The standard InChI is InChI=1S/C18H26N2O2.2C2HF3O2/c1-2-4-16(3-1)20-13-18(14-20)11-17(7-10-22-18)21-12-15-5-8-19-9-6-15;2*3-2(4,5)1(6)7/h5-6,8-9,16-17H,1-4,7,10-14H2;2*(H,6,7). The van der Waals surface area contributed by atoms with Gasteiger partial charge in [-0.1, -0.05) is 12.8 Å². The zero-order valence-corrected chi connectivity index (χ0v) is 19.2. The van der Waals surface area contributed by atoms with Gasteiger partial charge in [0.2, 0.25) is 0 Å². The number of likely N-dealkylation sites (tertiary alicyclic amines) is 1. The van der Waals surface area contributed by atoms with Crippen molar-refractivity contribution < 1.29 is 55.6 Å². The van der Waals surface area contributed by atoms with Crippen LogP contribution in [0.1, 0.15) is 44.1 Å². The number of halogens is 6. The fourth-order valence-corrected chi connectivity index (χ4v) is 4.26. The maximum atomic E-state index is 10.6. The Kier molecular flexibility index (Phi) is 10.5. The summed E-state index contributed by atoms with van der Waals surface area (Å²) in [5, 5.41) is 14.2. The van der Waals surface area contributed by atoms with Crippen LogP contribution in [0.5, 0.6) is 0 Å². The molecule has 0 amide bonds. The first-order chi connectivity index (χ1) is 16.7. The molecule has 4 rings (SSSR count). The van der Waals surface area contributed by atoms with Gasteiger partial charge in [0.25, 0.3) is 0 Å². The van der Waals surface area contributed by atoms with Crippen molar-refractivity contribution in [3.05, 3.63) is 30.1 Å². The summed E-state index contributed by atoms with van der Waals surface area (Å²) in [6, 6.07) is 4.88. The summed E-state index contributed by atoms with van der Waals surface area (Å²) in [6.45, 7) is 3.77. The zero-order valence-electron chi connectivity index (χ0n) is 19.2. The van der Waals surface area contributed by atoms with E-state index in [9.17, 15) is 26.3 Å². The van der Waals surface area contributed by atoms with Crippen LogP contribution in [-0.4, -0.2) is 81.8 Å². The molecule has 0 aromatic carbocycles. The summed E-state index contributed by atoms with van der Waals surface area (Å²) >= 11 is 0. The number of pyridine rings is 1. The van der Waals surface area contributed by atoms with Crippen LogP contribution in [0.3, 0.4) is 0 Å². The lowest BCUT2D eigenvalue weighted by Gasteiger charge is -2.55. The lowest BCUT2D eigenvalue weighted by molar-refractivity contribution is -0.206. The van der Waals surface area contributed by atoms with Gasteiger partial charge in [-0.15, -0.1) is 0 Å². The number of aliphatic carboxylic acids is 2. The molecule has 204 valence electrons. The number of hydrogen-bond acceptors (Lipinski definition) is 6. The Morgan fingerprint density at radius 3 is 1.97 bits per heavy atom. The molecule has 1 atom stereocenters. The number of hydrogen-bond donors (Lipinski definition) is 2. The minimum atomic E-state index is -5.08. The lowest BCUT2D eigenvalue weighted by Crippen LogP contribution is -2.67. The zero-order chi connectivity index (χ0) is 27.0. The minimum absolute atomic E-state index is 0.0871. The van der Waals surface area contributed by atoms with Gasteiger partial charge in [-0.2, -0.15) is 26.3 Å². The van der Waals surface area contributed by atoms with Crippen molar-refractivity contribution >= 4 is 11.9 Å². The summed E-state index contributed by atoms with van der Waals surface area (Å²) in [4.78, 5) is 24.5. The van der Waals surface area contributed by atoms with Crippen LogP contribution in [0.25, 0.3) is 0 Å². The van der Waals surface area contributed by atoms with Crippen LogP contribution >= 0.6 is 0 Å². The smallest absolute Gasteiger partial charge is 0.475 e. The highest BCUT2D eigenvalue weighted by atomic mass is 19.4. The van der Waals surface area contributed by atoms with Gasteiger partial charge in [0, 0.05) is 44.6 Å². The predicted octanol–water partition coefficient (Wildman–Crippen LogP) is 4.04. The van der Waals surface area contributed by atoms with Gasteiger partial charge < -0.3 is 19.7 Å². The molecule has 1 unspecified atom stereocenters. The highest BCUT2D eigenvalue weighted by Crippen LogP contribution is 2.39. The second kappa shape index (κ2) is 12.7. The molecule has 3 heterocycles. The molecule has 2 N–H and O–H groups in total. The highest BCUT2D eigenvalue weighted by Gasteiger charge is 2.49. The van der Waals surface area contributed by atoms with E-state index in [1.54, 1.807) is 0 Å². The van der Waals surface area contributed by atoms with E-state index in [0.717, 1.165) is 38.6 Å². The molecule has 0 bridgehead atoms. The molecule has 3 aliphatic rings. The average molecular weight is 530 g/mol. The number of carbonyl (C=O) groups is 2. The number of nitrogens with zero attached hydrogens (tertiary/aromatic N) is 2. The number of ether oxygens (including phenoxy) is 2. The van der Waals surface area contributed by atoms with Gasteiger partial charge in [0.1, 0.15) is 0 Å². The normalized spacial score (nSPS) is 22.0. The van der Waals surface area contributed by atoms with Gasteiger partial charge in [0.05, 0.1) is 18.3 Å². The van der Waals surface area contributed by atoms with Crippen molar-refractivity contribution in [2.24, 2.45) is 0 Å². The number of rotatable bonds is 4. The Balaban J connectivity index is 0.000000271. The van der Waals surface area contributed by atoms with Gasteiger partial charge in [-0.25, -0.2) is 9.59 Å². The first-order valence-electron chi connectivity index (χ1n) is 11.2. The van der Waals surface area contributed by atoms with E-state index in [2.05, 4.69) is 9.88 Å². The summed E-state index contributed by atoms with van der Waals surface area (Å²) in [7, 11) is 0. The van der Waals surface area contributed by atoms with Crippen LogP contribution in [0.4, 0.5) is 26.3 Å². The van der Waals surface area contributed by atoms with E-state index in [-0.39, 0.29) is 5.60 Å². The van der Waals surface area contributed by atoms with Gasteiger partial charge >= 0.3 is 24.3 Å². The Bertz CT molecular complexity index is 816. The largest absolute Gasteiger partial charge is 0.490 e. The minimum Gasteiger partial charge on any atom is -0.475 e. The maximum absolute atomic E-state index is 10.6. The monoisotopic (exact) mass is 530 g/mol. The van der Waals surface area contributed by atoms with Gasteiger partial charge in [-0.3, -0.25) is 9.88 Å². The first-order valence-corrected chi connectivity index (χ1v) is 11.2. The molecule has 2 aliphatic heterocycles. The third-order valence-electron chi connectivity index (χ3n) is 5.99. The summed E-state index contributed by atoms with van der Waals surface area (Å²) < 4.78 is 75.7. The van der Waals surface area contributed by atoms with Crippen LogP contribution in [-0.2, 0) is 25.7 Å². The molecule has 2 saturated heterocycles. The summed E-state index contributed by atoms with van der Waals surface area (Å²) in [5.41, 5.74) is 1.29. The molecule has 8 nitrogen and oxygen atoms in total. The van der Waals surface area contributed by atoms with Crippen molar-refractivity contribution in [1.82, 2.24) is 9.88 Å². The Morgan fingerprint density at radius 2 is 1.50 bits per heavy atom. The number of carboxylic acid groups (broad SMARTS) is 2. The van der Waals surface area contributed by atoms with Crippen molar-refractivity contribution in [3.8, 4) is 0 Å². The molecule has 1 aliphatic carbocycles. The van der Waals surface area contributed by atoms with Crippen LogP contribution in [0, 0.1) is 0 Å². The van der Waals surface area contributed by atoms with E-state index in [4.69, 9.17) is 29.3 Å². The molecular formula is C22H28F6N2O6. The van der Waals surface area contributed by atoms with E-state index >= 15 is 0 Å². The summed E-state index contributed by atoms with van der Waals surface area (Å²) in [5.74, 6) is -5.51. The molecule has 0 radical (unpaired) electrons. The Morgan fingerprint density at radius 1 is 1.00 bits per heavy atom. The third-order valence-corrected chi connectivity index (χ3v) is 5.99. The van der Waals surface area contributed by atoms with E-state index in [1.807, 2.05) is 24.5 Å². The van der Waals surface area contributed by atoms with Gasteiger partial charge in [0.15, 0.2) is 0 Å². The molecule has 3 fully saturated rings. The summed E-state index contributed by atoms with van der Waals surface area (Å²) in [6.07, 6.45) is 1.51. The van der Waals surface area contributed by atoms with Gasteiger partial charge in [-0.05, 0) is 37.0 Å². The van der Waals surface area contributed by atoms with Crippen molar-refractivity contribution in [2.45, 2.75) is 75.2 Å². The molecular weight excluding hydrogens is 502 g/mol. The van der Waals surface area contributed by atoms with E-state index in [0.29, 0.717) is 12.7 Å². The average Bonchev–Trinajstić information content (AvgIpc) is 3.31. The lowest BCUT2D eigenvalue weighted by atomic mass is 9.83. The molecule has 1 aromatic rings. The Hall–Kier alpha value is -2.45. The van der Waals surface area contributed by atoms with Crippen LogP contribution < -0.4 is 0 Å². The molecule has 14 heteroatoms. The SMILES string of the molecule is O=C(O)C(F)(F)F.O=C(O)C(F)(F)F.c1cc(COC2CCOC3(C2)CN(C2CCCC2)C3)ccn1. The maximum Gasteiger partial charge on any atom is 0.490 e. The third kappa shape index (κ3) is 9.54.